The first-order valence-corrected chi connectivity index (χ1v) is 5.56. The van der Waals surface area contributed by atoms with E-state index in [-0.39, 0.29) is 23.8 Å². The van der Waals surface area contributed by atoms with Gasteiger partial charge in [0.25, 0.3) is 5.91 Å². The lowest BCUT2D eigenvalue weighted by molar-refractivity contribution is -0.131. The van der Waals surface area contributed by atoms with Gasteiger partial charge in [-0.25, -0.2) is 5.84 Å². The van der Waals surface area contributed by atoms with Gasteiger partial charge in [-0.1, -0.05) is 0 Å². The average molecular weight is 228 g/mol. The van der Waals surface area contributed by atoms with E-state index in [2.05, 4.69) is 10.7 Å². The molecule has 1 saturated heterocycles. The summed E-state index contributed by atoms with van der Waals surface area (Å²) < 4.78 is 0. The van der Waals surface area contributed by atoms with Crippen LogP contribution in [0.15, 0.2) is 0 Å². The Balaban J connectivity index is 2.56. The third-order valence-electron chi connectivity index (χ3n) is 3.14. The lowest BCUT2D eigenvalue weighted by Gasteiger charge is -2.34. The minimum absolute atomic E-state index is 0.0215. The molecule has 0 saturated carbocycles. The first-order valence-electron chi connectivity index (χ1n) is 5.56. The lowest BCUT2D eigenvalue weighted by atomic mass is 9.96. The second-order valence-corrected chi connectivity index (χ2v) is 4.13. The summed E-state index contributed by atoms with van der Waals surface area (Å²) in [6.07, 6.45) is 1.81. The van der Waals surface area contributed by atoms with E-state index < -0.39 is 0 Å². The number of hydrazine groups is 1. The summed E-state index contributed by atoms with van der Waals surface area (Å²) in [4.78, 5) is 24.9. The molecule has 0 aromatic heterocycles. The van der Waals surface area contributed by atoms with Crippen LogP contribution in [0.2, 0.25) is 0 Å². The Kier molecular flexibility index (Phi) is 4.70. The van der Waals surface area contributed by atoms with Gasteiger partial charge in [0, 0.05) is 13.6 Å². The molecule has 16 heavy (non-hydrogen) atoms. The maximum atomic E-state index is 11.5. The number of carbonyl (C=O) groups is 2. The predicted octanol–water partition coefficient (Wildman–Crippen LogP) is -1.18. The number of hydrogen-bond acceptors (Lipinski definition) is 4. The summed E-state index contributed by atoms with van der Waals surface area (Å²) in [7, 11) is 1.64. The molecular weight excluding hydrogens is 208 g/mol. The molecule has 2 atom stereocenters. The fourth-order valence-electron chi connectivity index (χ4n) is 2.06. The van der Waals surface area contributed by atoms with Crippen molar-refractivity contribution < 1.29 is 9.59 Å². The Morgan fingerprint density at radius 2 is 2.19 bits per heavy atom. The van der Waals surface area contributed by atoms with Crippen LogP contribution in [0.1, 0.15) is 19.8 Å². The molecular formula is C10H20N4O2. The van der Waals surface area contributed by atoms with Crippen LogP contribution in [0.25, 0.3) is 0 Å². The smallest absolute Gasteiger partial charge is 0.250 e. The third-order valence-corrected chi connectivity index (χ3v) is 3.14. The summed E-state index contributed by atoms with van der Waals surface area (Å²) in [5.74, 6) is 4.91. The molecule has 0 aromatic carbocycles. The largest absolute Gasteiger partial charge is 0.359 e. The number of nitrogens with zero attached hydrogens (tertiary/aromatic N) is 1. The molecule has 0 radical (unpaired) electrons. The second-order valence-electron chi connectivity index (χ2n) is 4.13. The van der Waals surface area contributed by atoms with Crippen molar-refractivity contribution in [3.63, 3.8) is 0 Å². The van der Waals surface area contributed by atoms with Crippen molar-refractivity contribution in [2.24, 2.45) is 11.8 Å². The van der Waals surface area contributed by atoms with Gasteiger partial charge in [0.15, 0.2) is 0 Å². The monoisotopic (exact) mass is 228 g/mol. The highest BCUT2D eigenvalue weighted by Gasteiger charge is 2.29. The highest BCUT2D eigenvalue weighted by molar-refractivity contribution is 5.81. The molecule has 6 heteroatoms. The summed E-state index contributed by atoms with van der Waals surface area (Å²) in [5, 5.41) is 2.65. The maximum Gasteiger partial charge on any atom is 0.250 e. The summed E-state index contributed by atoms with van der Waals surface area (Å²) in [6.45, 7) is 3.25. The molecule has 0 aliphatic carbocycles. The van der Waals surface area contributed by atoms with E-state index in [1.807, 2.05) is 4.90 Å². The number of carbonyl (C=O) groups excluding carboxylic acids is 2. The van der Waals surface area contributed by atoms with E-state index in [1.54, 1.807) is 14.0 Å². The number of rotatable bonds is 3. The van der Waals surface area contributed by atoms with E-state index in [1.165, 1.54) is 0 Å². The Labute approximate surface area is 95.5 Å². The van der Waals surface area contributed by atoms with Gasteiger partial charge in [-0.15, -0.1) is 0 Å². The van der Waals surface area contributed by atoms with Crippen LogP contribution < -0.4 is 16.6 Å². The van der Waals surface area contributed by atoms with Crippen LogP contribution in [0, 0.1) is 5.92 Å². The topological polar surface area (TPSA) is 87.5 Å². The van der Waals surface area contributed by atoms with Crippen molar-refractivity contribution in [3.05, 3.63) is 0 Å². The number of likely N-dealkylation sites (tertiary alicyclic amines) is 1. The quantitative estimate of drug-likeness (QED) is 0.322. The Bertz CT molecular complexity index is 256. The average Bonchev–Trinajstić information content (AvgIpc) is 2.36. The normalized spacial score (nSPS) is 23.6. The summed E-state index contributed by atoms with van der Waals surface area (Å²) in [6, 6.07) is -0.280. The number of nitrogens with one attached hydrogen (secondary N) is 2. The van der Waals surface area contributed by atoms with Crippen molar-refractivity contribution in [2.45, 2.75) is 25.8 Å². The molecule has 1 heterocycles. The summed E-state index contributed by atoms with van der Waals surface area (Å²) in [5.41, 5.74) is 2.14. The lowest BCUT2D eigenvalue weighted by Crippen LogP contribution is -2.52. The number of amides is 2. The number of hydrogen-bond donors (Lipinski definition) is 3. The van der Waals surface area contributed by atoms with E-state index in [9.17, 15) is 9.59 Å². The zero-order valence-corrected chi connectivity index (χ0v) is 9.82. The molecule has 2 amide bonds. The molecule has 4 N–H and O–H groups in total. The van der Waals surface area contributed by atoms with Crippen LogP contribution in [-0.4, -0.2) is 42.9 Å². The molecule has 0 aromatic rings. The second kappa shape index (κ2) is 5.81. The standard InChI is InChI=1S/C10H20N4O2/c1-7(9(15)13-11)14-5-3-4-8(6-14)10(16)12-2/h7-8H,3-6,11H2,1-2H3,(H,12,16)(H,13,15). The zero-order chi connectivity index (χ0) is 12.1. The fraction of sp³-hybridized carbons (Fsp3) is 0.800. The number of piperidine rings is 1. The van der Waals surface area contributed by atoms with Crippen molar-refractivity contribution in [2.75, 3.05) is 20.1 Å². The maximum absolute atomic E-state index is 11.5. The Morgan fingerprint density at radius 1 is 1.50 bits per heavy atom. The predicted molar refractivity (Wildman–Crippen MR) is 60.2 cm³/mol. The highest BCUT2D eigenvalue weighted by Crippen LogP contribution is 2.18. The zero-order valence-electron chi connectivity index (χ0n) is 9.82. The van der Waals surface area contributed by atoms with Crippen molar-refractivity contribution in [1.29, 1.82) is 0 Å². The first-order chi connectivity index (χ1) is 7.60. The molecule has 1 aliphatic heterocycles. The molecule has 0 spiro atoms. The third kappa shape index (κ3) is 2.93. The highest BCUT2D eigenvalue weighted by atomic mass is 16.2. The van der Waals surface area contributed by atoms with Crippen LogP contribution in [0.3, 0.4) is 0 Å². The van der Waals surface area contributed by atoms with Gasteiger partial charge in [-0.05, 0) is 26.3 Å². The molecule has 92 valence electrons. The molecule has 6 nitrogen and oxygen atoms in total. The van der Waals surface area contributed by atoms with Gasteiger partial charge in [0.05, 0.1) is 12.0 Å². The molecule has 1 rings (SSSR count). The Hall–Kier alpha value is -1.14. The summed E-state index contributed by atoms with van der Waals surface area (Å²) >= 11 is 0. The van der Waals surface area contributed by atoms with E-state index >= 15 is 0 Å². The van der Waals surface area contributed by atoms with E-state index in [0.717, 1.165) is 19.4 Å². The van der Waals surface area contributed by atoms with Crippen molar-refractivity contribution in [3.8, 4) is 0 Å². The first kappa shape index (κ1) is 12.9. The molecule has 2 unspecified atom stereocenters. The van der Waals surface area contributed by atoms with Crippen molar-refractivity contribution >= 4 is 11.8 Å². The number of nitrogens with two attached hydrogens (primary N) is 1. The van der Waals surface area contributed by atoms with Gasteiger partial charge in [-0.2, -0.15) is 0 Å². The Morgan fingerprint density at radius 3 is 2.75 bits per heavy atom. The van der Waals surface area contributed by atoms with Gasteiger partial charge in [-0.3, -0.25) is 19.9 Å². The van der Waals surface area contributed by atoms with Gasteiger partial charge in [0.1, 0.15) is 0 Å². The minimum atomic E-state index is -0.280. The minimum Gasteiger partial charge on any atom is -0.359 e. The fourth-order valence-corrected chi connectivity index (χ4v) is 2.06. The molecule has 0 bridgehead atoms. The molecule has 1 fully saturated rings. The van der Waals surface area contributed by atoms with Gasteiger partial charge < -0.3 is 5.32 Å². The van der Waals surface area contributed by atoms with Gasteiger partial charge in [0.2, 0.25) is 5.91 Å². The SMILES string of the molecule is CNC(=O)C1CCCN(C(C)C(=O)NN)C1. The van der Waals surface area contributed by atoms with Crippen LogP contribution in [-0.2, 0) is 9.59 Å². The van der Waals surface area contributed by atoms with Gasteiger partial charge >= 0.3 is 0 Å². The van der Waals surface area contributed by atoms with Crippen LogP contribution in [0.4, 0.5) is 0 Å². The van der Waals surface area contributed by atoms with Crippen molar-refractivity contribution in [1.82, 2.24) is 15.6 Å². The van der Waals surface area contributed by atoms with Crippen LogP contribution >= 0.6 is 0 Å². The van der Waals surface area contributed by atoms with E-state index in [0.29, 0.717) is 6.54 Å². The molecule has 1 aliphatic rings. The van der Waals surface area contributed by atoms with E-state index in [4.69, 9.17) is 5.84 Å². The van der Waals surface area contributed by atoms with Crippen LogP contribution in [0.5, 0.6) is 0 Å².